The second-order valence-corrected chi connectivity index (χ2v) is 28.1. The van der Waals surface area contributed by atoms with Crippen LogP contribution in [0, 0.1) is 74.0 Å². The molecule has 0 atom stereocenters. The molecule has 2 fully saturated rings. The summed E-state index contributed by atoms with van der Waals surface area (Å²) in [4.78, 5) is 0. The Morgan fingerprint density at radius 3 is 0.614 bits per heavy atom. The third kappa shape index (κ3) is 18.6. The molecule has 324 valence electrons. The molecule has 4 aromatic carbocycles. The van der Waals surface area contributed by atoms with Gasteiger partial charge in [-0.1, -0.05) is 142 Å². The smallest absolute Gasteiger partial charge is 0.0620 e. The molecule has 0 aromatic heterocycles. The second kappa shape index (κ2) is 32.0. The van der Waals surface area contributed by atoms with E-state index < -0.39 is 47.2 Å². The van der Waals surface area contributed by atoms with Gasteiger partial charge in [-0.15, -0.1) is 0 Å². The molecular formula is C49H74Cl4Ir2P2+2. The summed E-state index contributed by atoms with van der Waals surface area (Å²) in [6.07, 6.45) is 3.84. The normalized spacial score (nSPS) is 25.9. The summed E-state index contributed by atoms with van der Waals surface area (Å²) in [6.45, 7) is 24.0. The minimum absolute atomic E-state index is 0. The zero-order chi connectivity index (χ0) is 40.9. The molecule has 0 radical (unpaired) electrons. The molecule has 2 aliphatic carbocycles. The van der Waals surface area contributed by atoms with Gasteiger partial charge in [-0.05, 0) is 108 Å². The minimum atomic E-state index is -0.742. The van der Waals surface area contributed by atoms with Crippen LogP contribution >= 0.6 is 54.2 Å². The third-order valence-corrected chi connectivity index (χ3v) is 19.5. The zero-order valence-corrected chi connectivity index (χ0v) is 46.4. The Morgan fingerprint density at radius 1 is 0.333 bits per heavy atom. The predicted molar refractivity (Wildman–Crippen MR) is 263 cm³/mol. The summed E-state index contributed by atoms with van der Waals surface area (Å²) < 4.78 is 0. The summed E-state index contributed by atoms with van der Waals surface area (Å²) in [5.41, 5.74) is 0. The summed E-state index contributed by atoms with van der Waals surface area (Å²) in [5.74, 6) is 9.35. The van der Waals surface area contributed by atoms with Crippen LogP contribution in [0.25, 0.3) is 0 Å². The van der Waals surface area contributed by atoms with Gasteiger partial charge in [0, 0.05) is 6.42 Å². The van der Waals surface area contributed by atoms with Crippen molar-refractivity contribution >= 4 is 75.4 Å². The van der Waals surface area contributed by atoms with E-state index in [-0.39, 0.29) is 14.9 Å². The molecule has 6 rings (SSSR count). The molecule has 8 heteroatoms. The van der Waals surface area contributed by atoms with Crippen LogP contribution < -0.4 is 21.2 Å². The van der Waals surface area contributed by atoms with Crippen LogP contribution in [-0.4, -0.2) is 12.3 Å². The Balaban J connectivity index is 0.000000920. The first-order valence-corrected chi connectivity index (χ1v) is 35.2. The third-order valence-electron chi connectivity index (χ3n) is 13.6. The van der Waals surface area contributed by atoms with Gasteiger partial charge in [0.1, 0.15) is 0 Å². The topological polar surface area (TPSA) is 0 Å². The fourth-order valence-electron chi connectivity index (χ4n) is 8.70. The molecule has 0 spiro atoms. The Hall–Kier alpha value is 0.199. The van der Waals surface area contributed by atoms with Gasteiger partial charge in [-0.3, -0.25) is 0 Å². The number of hydrogen-bond acceptors (Lipinski definition) is 0. The predicted octanol–water partition coefficient (Wildman–Crippen LogP) is 15.1. The monoisotopic (exact) mass is 1250 g/mol. The molecule has 0 bridgehead atoms. The van der Waals surface area contributed by atoms with Gasteiger partial charge in [0.2, 0.25) is 0 Å². The van der Waals surface area contributed by atoms with Crippen LogP contribution in [0.2, 0.25) is 0 Å². The van der Waals surface area contributed by atoms with Gasteiger partial charge in [-0.25, -0.2) is 0 Å². The molecule has 0 nitrogen and oxygen atoms in total. The summed E-state index contributed by atoms with van der Waals surface area (Å²) in [5, 5.41) is 6.10. The molecule has 0 unspecified atom stereocenters. The quantitative estimate of drug-likeness (QED) is 0.122. The van der Waals surface area contributed by atoms with Gasteiger partial charge >= 0.3 is 69.7 Å². The molecule has 2 aliphatic rings. The molecular weight excluding hydrogens is 1180 g/mol. The Kier molecular flexibility index (Phi) is 32.1. The average molecular weight is 1250 g/mol. The first kappa shape index (κ1) is 57.2. The van der Waals surface area contributed by atoms with Crippen molar-refractivity contribution in [2.45, 2.75) is 75.7 Å². The fourth-order valence-corrected chi connectivity index (χ4v) is 14.3. The molecule has 0 amide bonds. The van der Waals surface area contributed by atoms with Crippen molar-refractivity contribution in [2.24, 2.45) is 59.2 Å². The summed E-state index contributed by atoms with van der Waals surface area (Å²) in [7, 11) is 18.1. The maximum absolute atomic E-state index is 4.89. The van der Waals surface area contributed by atoms with Crippen molar-refractivity contribution in [1.29, 1.82) is 0 Å². The van der Waals surface area contributed by atoms with Gasteiger partial charge in [0.15, 0.2) is 0 Å². The van der Waals surface area contributed by atoms with E-state index in [0.717, 1.165) is 59.2 Å². The van der Waals surface area contributed by atoms with E-state index in [0.29, 0.717) is 0 Å². The van der Waals surface area contributed by atoms with Crippen molar-refractivity contribution in [3.05, 3.63) is 136 Å². The van der Waals surface area contributed by atoms with Crippen LogP contribution in [0.15, 0.2) is 121 Å². The minimum Gasteiger partial charge on any atom is -0.0620 e. The Labute approximate surface area is 386 Å². The van der Waals surface area contributed by atoms with Crippen LogP contribution in [0.3, 0.4) is 0 Å². The number of halogens is 4. The van der Waals surface area contributed by atoms with Crippen molar-refractivity contribution in [1.82, 2.24) is 0 Å². The largest absolute Gasteiger partial charge is 0.0966 e. The van der Waals surface area contributed by atoms with E-state index in [2.05, 4.69) is 191 Å². The van der Waals surface area contributed by atoms with E-state index in [9.17, 15) is 0 Å². The van der Waals surface area contributed by atoms with E-state index in [1.807, 2.05) is 0 Å². The van der Waals surface area contributed by atoms with Gasteiger partial charge < -0.3 is 14.9 Å². The van der Waals surface area contributed by atoms with E-state index in [1.165, 1.54) is 40.0 Å². The molecule has 0 N–H and O–H groups in total. The first-order chi connectivity index (χ1) is 26.4. The van der Waals surface area contributed by atoms with Crippen molar-refractivity contribution in [2.75, 3.05) is 12.3 Å². The number of benzene rings is 4. The molecule has 4 aromatic rings. The molecule has 0 aliphatic heterocycles. The fraction of sp³-hybridized carbons (Fsp3) is 0.469. The van der Waals surface area contributed by atoms with Crippen LogP contribution in [-0.2, 0) is 31.3 Å². The van der Waals surface area contributed by atoms with Gasteiger partial charge in [0.05, 0.1) is 49.4 Å². The van der Waals surface area contributed by atoms with Gasteiger partial charge in [-0.2, -0.15) is 0 Å². The van der Waals surface area contributed by atoms with Crippen molar-refractivity contribution < 1.29 is 31.3 Å². The van der Waals surface area contributed by atoms with Crippen molar-refractivity contribution in [3.63, 3.8) is 0 Å². The SMILES string of the molecule is CC1C(C)C(C)C(C)C1C.CC1C(C)C(C)C(C)C1C.[CH3-].[CH3-].[Cl][Ir+][Cl].[Cl][Ir+][Cl].c1ccc([PH+](CCC[PH+](c2ccccc2)c2ccccc2)c2ccccc2)cc1. The summed E-state index contributed by atoms with van der Waals surface area (Å²) >= 11 is -1.11. The number of hydrogen-bond donors (Lipinski definition) is 0. The standard InChI is InChI=1S/C27H26P2.2C10H20.2CH3.4ClH.2Ir/c1-5-14-24(15-6-1)28(25-16-7-2-8-17-25)22-13-23-29(26-18-9-3-10-19-26)27-20-11-4-12-21-27;2*1-6-7(2)9(4)10(5)8(6)3;;;;;;;;/h1-12,14-21H,13,22-23H2;2*6-10H,1-5H3;2*1H3;4*1H;;/q;;;2*-1;;;;;2*+3/p-2. The zero-order valence-electron chi connectivity index (χ0n) is 36.6. The average Bonchev–Trinajstić information content (AvgIpc) is 3.49. The Bertz CT molecular complexity index is 1240. The van der Waals surface area contributed by atoms with Crippen LogP contribution in [0.1, 0.15) is 75.7 Å². The molecule has 0 saturated heterocycles. The number of rotatable bonds is 8. The Morgan fingerprint density at radius 2 is 0.474 bits per heavy atom. The molecule has 2 saturated carbocycles. The van der Waals surface area contributed by atoms with Crippen molar-refractivity contribution in [3.8, 4) is 0 Å². The van der Waals surface area contributed by atoms with Crippen LogP contribution in [0.4, 0.5) is 0 Å². The maximum atomic E-state index is 4.89. The molecule has 0 heterocycles. The second-order valence-electron chi connectivity index (χ2n) is 16.0. The van der Waals surface area contributed by atoms with E-state index in [4.69, 9.17) is 38.3 Å². The first-order valence-electron chi connectivity index (χ1n) is 20.0. The van der Waals surface area contributed by atoms with E-state index >= 15 is 0 Å². The van der Waals surface area contributed by atoms with Gasteiger partial charge in [0.25, 0.3) is 0 Å². The summed E-state index contributed by atoms with van der Waals surface area (Å²) in [6, 6.07) is 44.6. The van der Waals surface area contributed by atoms with E-state index in [1.54, 1.807) is 0 Å². The van der Waals surface area contributed by atoms with Crippen LogP contribution in [0.5, 0.6) is 0 Å². The molecule has 57 heavy (non-hydrogen) atoms. The maximum Gasteiger partial charge on any atom is 0.0966 e.